The van der Waals surface area contributed by atoms with E-state index in [-0.39, 0.29) is 61.3 Å². The zero-order chi connectivity index (χ0) is 38.3. The SMILES string of the molecule is CCOC(=O)N(CC)c1ccc(C(F)(F)F)cc1CN(Cc1cc(C(F)(F)F)cc(C(F)(F)F)c1)c1ncc(CCOC(=O)C2CCNCC2)cn1. The van der Waals surface area contributed by atoms with Crippen LogP contribution in [-0.2, 0) is 52.3 Å². The molecule has 4 rings (SSSR count). The van der Waals surface area contributed by atoms with Gasteiger partial charge in [-0.1, -0.05) is 0 Å². The van der Waals surface area contributed by atoms with Crippen molar-refractivity contribution in [2.75, 3.05) is 42.6 Å². The van der Waals surface area contributed by atoms with Gasteiger partial charge in [0.2, 0.25) is 5.95 Å². The summed E-state index contributed by atoms with van der Waals surface area (Å²) in [5, 5.41) is 3.14. The standard InChI is InChI=1S/C34H36F9N5O4/c1-3-48(31(50)51-4-2)28-6-5-25(32(35,36)37)15-24(28)20-47(19-22-13-26(33(38,39)40)16-27(14-22)34(41,42)43)30-45-17-21(18-46-30)9-12-52-29(49)23-7-10-44-11-8-23/h5-6,13-18,23,44H,3-4,7-12,19-20H2,1-2H3. The molecule has 1 aliphatic heterocycles. The van der Waals surface area contributed by atoms with Gasteiger partial charge in [-0.2, -0.15) is 39.5 Å². The van der Waals surface area contributed by atoms with Gasteiger partial charge in [0, 0.05) is 38.4 Å². The lowest BCUT2D eigenvalue weighted by molar-refractivity contribution is -0.149. The average Bonchev–Trinajstić information content (AvgIpc) is 3.08. The van der Waals surface area contributed by atoms with E-state index in [4.69, 9.17) is 9.47 Å². The molecule has 1 fully saturated rings. The molecule has 284 valence electrons. The van der Waals surface area contributed by atoms with Gasteiger partial charge in [0.05, 0.1) is 41.5 Å². The highest BCUT2D eigenvalue weighted by atomic mass is 19.4. The van der Waals surface area contributed by atoms with Gasteiger partial charge >= 0.3 is 30.6 Å². The van der Waals surface area contributed by atoms with Gasteiger partial charge in [0.25, 0.3) is 0 Å². The van der Waals surface area contributed by atoms with E-state index in [1.54, 1.807) is 0 Å². The van der Waals surface area contributed by atoms with E-state index < -0.39 is 60.0 Å². The van der Waals surface area contributed by atoms with Crippen LogP contribution in [0.4, 0.5) is 55.9 Å². The van der Waals surface area contributed by atoms with Crippen LogP contribution in [0.25, 0.3) is 0 Å². The molecule has 1 aromatic heterocycles. The van der Waals surface area contributed by atoms with Crippen molar-refractivity contribution in [1.29, 1.82) is 0 Å². The van der Waals surface area contributed by atoms with Gasteiger partial charge in [-0.15, -0.1) is 0 Å². The van der Waals surface area contributed by atoms with E-state index in [0.29, 0.717) is 43.6 Å². The summed E-state index contributed by atoms with van der Waals surface area (Å²) in [6.45, 7) is 2.96. The number of hydrogen-bond acceptors (Lipinski definition) is 8. The van der Waals surface area contributed by atoms with Crippen LogP contribution < -0.4 is 15.1 Å². The number of anilines is 2. The maximum Gasteiger partial charge on any atom is 0.416 e. The first kappa shape index (κ1) is 40.2. The third-order valence-electron chi connectivity index (χ3n) is 8.17. The Labute approximate surface area is 293 Å². The van der Waals surface area contributed by atoms with Crippen LogP contribution in [0.1, 0.15) is 60.1 Å². The lowest BCUT2D eigenvalue weighted by atomic mass is 9.99. The van der Waals surface area contributed by atoms with Crippen LogP contribution in [0.5, 0.6) is 0 Å². The molecule has 52 heavy (non-hydrogen) atoms. The molecule has 0 unspecified atom stereocenters. The van der Waals surface area contributed by atoms with Gasteiger partial charge in [0.1, 0.15) is 0 Å². The van der Waals surface area contributed by atoms with Crippen LogP contribution in [0.15, 0.2) is 48.8 Å². The van der Waals surface area contributed by atoms with Gasteiger partial charge in [-0.05, 0) is 92.9 Å². The largest absolute Gasteiger partial charge is 0.465 e. The summed E-state index contributed by atoms with van der Waals surface area (Å²) < 4.78 is 134. The molecule has 1 N–H and O–H groups in total. The Hall–Kier alpha value is -4.61. The molecular formula is C34H36F9N5O4. The molecule has 0 aliphatic carbocycles. The first-order valence-electron chi connectivity index (χ1n) is 16.3. The number of amides is 1. The molecule has 18 heteroatoms. The molecule has 1 aliphatic rings. The number of hydrogen-bond donors (Lipinski definition) is 1. The summed E-state index contributed by atoms with van der Waals surface area (Å²) in [7, 11) is 0. The molecular weight excluding hydrogens is 713 g/mol. The monoisotopic (exact) mass is 749 g/mol. The number of carbonyl (C=O) groups is 2. The van der Waals surface area contributed by atoms with Crippen molar-refractivity contribution in [2.24, 2.45) is 5.92 Å². The van der Waals surface area contributed by atoms with Crippen molar-refractivity contribution in [3.05, 3.63) is 82.2 Å². The fourth-order valence-corrected chi connectivity index (χ4v) is 5.57. The molecule has 0 radical (unpaired) electrons. The van der Waals surface area contributed by atoms with Crippen molar-refractivity contribution >= 4 is 23.7 Å². The number of nitrogens with zero attached hydrogens (tertiary/aromatic N) is 4. The second-order valence-corrected chi connectivity index (χ2v) is 11.9. The predicted octanol–water partition coefficient (Wildman–Crippen LogP) is 7.81. The summed E-state index contributed by atoms with van der Waals surface area (Å²) in [4.78, 5) is 35.7. The van der Waals surface area contributed by atoms with Crippen LogP contribution in [0.3, 0.4) is 0 Å². The minimum absolute atomic E-state index is 0.0199. The minimum atomic E-state index is -5.16. The summed E-state index contributed by atoms with van der Waals surface area (Å²) in [6, 6.07) is 3.44. The first-order chi connectivity index (χ1) is 24.4. The number of ether oxygens (including phenoxy) is 2. The van der Waals surface area contributed by atoms with E-state index in [1.165, 1.54) is 26.2 Å². The van der Waals surface area contributed by atoms with Crippen molar-refractivity contribution in [2.45, 2.75) is 64.7 Å². The van der Waals surface area contributed by atoms with E-state index in [1.807, 2.05) is 0 Å². The third kappa shape index (κ3) is 10.7. The Morgan fingerprint density at radius 1 is 0.788 bits per heavy atom. The zero-order valence-electron chi connectivity index (χ0n) is 28.1. The number of benzene rings is 2. The highest BCUT2D eigenvalue weighted by Gasteiger charge is 2.37. The van der Waals surface area contributed by atoms with Crippen molar-refractivity contribution in [3.8, 4) is 0 Å². The van der Waals surface area contributed by atoms with Gasteiger partial charge in [-0.3, -0.25) is 9.69 Å². The van der Waals surface area contributed by atoms with Crippen LogP contribution in [0.2, 0.25) is 0 Å². The number of halogens is 9. The topological polar surface area (TPSA) is 96.9 Å². The fraction of sp³-hybridized carbons (Fsp3) is 0.471. The van der Waals surface area contributed by atoms with Crippen LogP contribution in [0, 0.1) is 5.92 Å². The lowest BCUT2D eigenvalue weighted by Gasteiger charge is -2.28. The number of nitrogens with one attached hydrogen (secondary N) is 1. The highest BCUT2D eigenvalue weighted by molar-refractivity contribution is 5.88. The van der Waals surface area contributed by atoms with Gasteiger partial charge in [-0.25, -0.2) is 14.8 Å². The first-order valence-corrected chi connectivity index (χ1v) is 16.3. The minimum Gasteiger partial charge on any atom is -0.465 e. The maximum atomic E-state index is 13.9. The Bertz CT molecular complexity index is 1640. The number of piperidine rings is 1. The highest BCUT2D eigenvalue weighted by Crippen LogP contribution is 2.38. The molecule has 9 nitrogen and oxygen atoms in total. The van der Waals surface area contributed by atoms with Crippen LogP contribution in [-0.4, -0.2) is 54.9 Å². The molecule has 0 saturated carbocycles. The average molecular weight is 750 g/mol. The molecule has 0 bridgehead atoms. The summed E-state index contributed by atoms with van der Waals surface area (Å²) >= 11 is 0. The number of aromatic nitrogens is 2. The Morgan fingerprint density at radius 3 is 1.92 bits per heavy atom. The molecule has 0 atom stereocenters. The van der Waals surface area contributed by atoms with E-state index in [0.717, 1.165) is 28.0 Å². The van der Waals surface area contributed by atoms with Crippen molar-refractivity contribution in [1.82, 2.24) is 15.3 Å². The molecule has 1 amide bonds. The fourth-order valence-electron chi connectivity index (χ4n) is 5.57. The second kappa shape index (κ2) is 16.8. The second-order valence-electron chi connectivity index (χ2n) is 11.9. The number of rotatable bonds is 12. The summed E-state index contributed by atoms with van der Waals surface area (Å²) in [5.41, 5.74) is -4.57. The van der Waals surface area contributed by atoms with Crippen molar-refractivity contribution < 1.29 is 58.6 Å². The third-order valence-corrected chi connectivity index (χ3v) is 8.17. The Kier molecular flexibility index (Phi) is 13.0. The molecule has 1 saturated heterocycles. The smallest absolute Gasteiger partial charge is 0.416 e. The zero-order valence-corrected chi connectivity index (χ0v) is 28.1. The maximum absolute atomic E-state index is 13.9. The quantitative estimate of drug-likeness (QED) is 0.148. The normalized spacial score (nSPS) is 14.2. The number of esters is 1. The number of alkyl halides is 9. The molecule has 3 aromatic rings. The Morgan fingerprint density at radius 2 is 1.38 bits per heavy atom. The molecule has 0 spiro atoms. The van der Waals surface area contributed by atoms with E-state index >= 15 is 0 Å². The van der Waals surface area contributed by atoms with E-state index in [2.05, 4.69) is 15.3 Å². The summed E-state index contributed by atoms with van der Waals surface area (Å²) in [5.74, 6) is -0.857. The van der Waals surface area contributed by atoms with Gasteiger partial charge in [0.15, 0.2) is 0 Å². The molecule has 2 heterocycles. The van der Waals surface area contributed by atoms with Crippen LogP contribution >= 0.6 is 0 Å². The number of carbonyl (C=O) groups excluding carboxylic acids is 2. The van der Waals surface area contributed by atoms with Gasteiger partial charge < -0.3 is 19.7 Å². The molecule has 2 aromatic carbocycles. The Balaban J connectivity index is 1.73. The van der Waals surface area contributed by atoms with Crippen molar-refractivity contribution in [3.63, 3.8) is 0 Å². The summed E-state index contributed by atoms with van der Waals surface area (Å²) in [6.07, 6.45) is -12.0. The lowest BCUT2D eigenvalue weighted by Crippen LogP contribution is -2.33. The van der Waals surface area contributed by atoms with E-state index in [9.17, 15) is 49.1 Å². The predicted molar refractivity (Wildman–Crippen MR) is 170 cm³/mol.